The third-order valence-corrected chi connectivity index (χ3v) is 6.34. The quantitative estimate of drug-likeness (QED) is 0.767. The standard InChI is InChI=1S/C17H21N3O4S2/c18-26(23,24)14-3-4-16(15(12-14)17(21)22)20-9-7-19(8-10-20)6-5-13-2-1-11-25-13/h1-4,11-12H,5-10H2,(H,21,22)(H2,18,23,24). The maximum Gasteiger partial charge on any atom is 0.337 e. The zero-order valence-corrected chi connectivity index (χ0v) is 15.8. The van der Waals surface area contributed by atoms with Crippen LogP contribution in [-0.2, 0) is 16.4 Å². The second kappa shape index (κ2) is 7.75. The van der Waals surface area contributed by atoms with Gasteiger partial charge in [-0.25, -0.2) is 18.4 Å². The first-order valence-electron chi connectivity index (χ1n) is 8.24. The SMILES string of the molecule is NS(=O)(=O)c1ccc(N2CCN(CCc3cccs3)CC2)c(C(=O)O)c1. The Balaban J connectivity index is 1.67. The molecule has 1 aliphatic heterocycles. The predicted molar refractivity (Wildman–Crippen MR) is 101 cm³/mol. The zero-order valence-electron chi connectivity index (χ0n) is 14.2. The Morgan fingerprint density at radius 1 is 1.19 bits per heavy atom. The number of primary sulfonamides is 1. The van der Waals surface area contributed by atoms with E-state index in [1.165, 1.54) is 17.0 Å². The summed E-state index contributed by atoms with van der Waals surface area (Å²) in [4.78, 5) is 17.1. The molecular weight excluding hydrogens is 374 g/mol. The fourth-order valence-electron chi connectivity index (χ4n) is 3.07. The smallest absolute Gasteiger partial charge is 0.337 e. The van der Waals surface area contributed by atoms with Crippen LogP contribution in [0, 0.1) is 0 Å². The molecule has 0 unspecified atom stereocenters. The van der Waals surface area contributed by atoms with E-state index in [1.807, 2.05) is 4.90 Å². The molecule has 0 aliphatic carbocycles. The topological polar surface area (TPSA) is 104 Å². The van der Waals surface area contributed by atoms with Crippen molar-refractivity contribution in [3.8, 4) is 0 Å². The maximum atomic E-state index is 11.6. The molecule has 1 fully saturated rings. The molecule has 26 heavy (non-hydrogen) atoms. The van der Waals surface area contributed by atoms with E-state index in [0.717, 1.165) is 32.1 Å². The Hall–Kier alpha value is -1.94. The largest absolute Gasteiger partial charge is 0.478 e. The monoisotopic (exact) mass is 395 g/mol. The van der Waals surface area contributed by atoms with Crippen molar-refractivity contribution in [2.75, 3.05) is 37.6 Å². The molecule has 0 atom stereocenters. The summed E-state index contributed by atoms with van der Waals surface area (Å²) >= 11 is 1.76. The molecule has 3 rings (SSSR count). The zero-order chi connectivity index (χ0) is 18.7. The van der Waals surface area contributed by atoms with E-state index in [-0.39, 0.29) is 10.5 Å². The van der Waals surface area contributed by atoms with Crippen molar-refractivity contribution in [2.45, 2.75) is 11.3 Å². The number of thiophene rings is 1. The number of aromatic carboxylic acids is 1. The molecule has 1 aromatic carbocycles. The van der Waals surface area contributed by atoms with Crippen LogP contribution in [0.25, 0.3) is 0 Å². The predicted octanol–water partition coefficient (Wildman–Crippen LogP) is 1.46. The van der Waals surface area contributed by atoms with Crippen LogP contribution in [0.5, 0.6) is 0 Å². The summed E-state index contributed by atoms with van der Waals surface area (Å²) in [5.41, 5.74) is 0.492. The molecule has 0 bridgehead atoms. The van der Waals surface area contributed by atoms with Crippen molar-refractivity contribution in [3.05, 3.63) is 46.2 Å². The van der Waals surface area contributed by atoms with Crippen molar-refractivity contribution < 1.29 is 18.3 Å². The van der Waals surface area contributed by atoms with Crippen molar-refractivity contribution in [3.63, 3.8) is 0 Å². The van der Waals surface area contributed by atoms with Crippen molar-refractivity contribution in [1.82, 2.24) is 4.90 Å². The molecule has 0 saturated carbocycles. The van der Waals surface area contributed by atoms with E-state index >= 15 is 0 Å². The summed E-state index contributed by atoms with van der Waals surface area (Å²) in [7, 11) is -3.93. The number of benzene rings is 1. The highest BCUT2D eigenvalue weighted by Gasteiger charge is 2.23. The van der Waals surface area contributed by atoms with Crippen LogP contribution in [0.2, 0.25) is 0 Å². The lowest BCUT2D eigenvalue weighted by atomic mass is 10.1. The Labute approximate surface area is 156 Å². The number of carboxylic acids is 1. The Morgan fingerprint density at radius 3 is 2.50 bits per heavy atom. The molecule has 2 heterocycles. The summed E-state index contributed by atoms with van der Waals surface area (Å²) in [6, 6.07) is 8.21. The van der Waals surface area contributed by atoms with E-state index in [2.05, 4.69) is 22.4 Å². The summed E-state index contributed by atoms with van der Waals surface area (Å²) in [5, 5.41) is 16.6. The molecule has 0 radical (unpaired) electrons. The minimum atomic E-state index is -3.93. The first-order valence-corrected chi connectivity index (χ1v) is 10.7. The molecule has 3 N–H and O–H groups in total. The number of hydrogen-bond donors (Lipinski definition) is 2. The summed E-state index contributed by atoms with van der Waals surface area (Å²) in [6.07, 6.45) is 1.01. The molecule has 1 aliphatic rings. The highest BCUT2D eigenvalue weighted by Crippen LogP contribution is 2.25. The summed E-state index contributed by atoms with van der Waals surface area (Å²) < 4.78 is 22.9. The number of sulfonamides is 1. The van der Waals surface area contributed by atoms with Crippen LogP contribution < -0.4 is 10.0 Å². The number of rotatable bonds is 6. The highest BCUT2D eigenvalue weighted by molar-refractivity contribution is 7.89. The first-order chi connectivity index (χ1) is 12.3. The van der Waals surface area contributed by atoms with Gasteiger partial charge in [0, 0.05) is 37.6 Å². The van der Waals surface area contributed by atoms with Gasteiger partial charge in [-0.05, 0) is 36.1 Å². The lowest BCUT2D eigenvalue weighted by molar-refractivity contribution is 0.0697. The molecule has 1 saturated heterocycles. The Morgan fingerprint density at radius 2 is 1.92 bits per heavy atom. The lowest BCUT2D eigenvalue weighted by Gasteiger charge is -2.36. The molecular formula is C17H21N3O4S2. The molecule has 7 nitrogen and oxygen atoms in total. The van der Waals surface area contributed by atoms with Crippen molar-refractivity contribution in [2.24, 2.45) is 5.14 Å². The molecule has 2 aromatic rings. The summed E-state index contributed by atoms with van der Waals surface area (Å²) in [5.74, 6) is -1.16. The number of nitrogens with zero attached hydrogens (tertiary/aromatic N) is 2. The Kier molecular flexibility index (Phi) is 5.61. The molecule has 9 heteroatoms. The van der Waals surface area contributed by atoms with Gasteiger partial charge in [0.15, 0.2) is 0 Å². The van der Waals surface area contributed by atoms with Gasteiger partial charge in [0.25, 0.3) is 0 Å². The van der Waals surface area contributed by atoms with Gasteiger partial charge in [-0.15, -0.1) is 11.3 Å². The van der Waals surface area contributed by atoms with Crippen molar-refractivity contribution in [1.29, 1.82) is 0 Å². The second-order valence-corrected chi connectivity index (χ2v) is 8.78. The fraction of sp³-hybridized carbons (Fsp3) is 0.353. The van der Waals surface area contributed by atoms with E-state index in [9.17, 15) is 18.3 Å². The third kappa shape index (κ3) is 4.42. The van der Waals surface area contributed by atoms with E-state index in [4.69, 9.17) is 5.14 Å². The third-order valence-electron chi connectivity index (χ3n) is 4.49. The van der Waals surface area contributed by atoms with Crippen molar-refractivity contribution >= 4 is 33.0 Å². The fourth-order valence-corrected chi connectivity index (χ4v) is 4.31. The van der Waals surface area contributed by atoms with Gasteiger partial charge in [-0.3, -0.25) is 4.90 Å². The molecule has 0 amide bonds. The van der Waals surface area contributed by atoms with Crippen LogP contribution in [0.3, 0.4) is 0 Å². The number of carboxylic acid groups (broad SMARTS) is 1. The average molecular weight is 396 g/mol. The van der Waals surface area contributed by atoms with Gasteiger partial charge in [-0.2, -0.15) is 0 Å². The second-order valence-electron chi connectivity index (χ2n) is 6.19. The minimum Gasteiger partial charge on any atom is -0.478 e. The van der Waals surface area contributed by atoms with Crippen LogP contribution in [0.1, 0.15) is 15.2 Å². The van der Waals surface area contributed by atoms with Gasteiger partial charge < -0.3 is 10.0 Å². The molecule has 0 spiro atoms. The van der Waals surface area contributed by atoms with E-state index in [0.29, 0.717) is 18.8 Å². The van der Waals surface area contributed by atoms with E-state index in [1.54, 1.807) is 11.3 Å². The van der Waals surface area contributed by atoms with Gasteiger partial charge in [0.1, 0.15) is 0 Å². The number of carbonyl (C=O) groups is 1. The number of hydrogen-bond acceptors (Lipinski definition) is 6. The van der Waals surface area contributed by atoms with Gasteiger partial charge in [0.2, 0.25) is 10.0 Å². The minimum absolute atomic E-state index is 0.0384. The molecule has 1 aromatic heterocycles. The van der Waals surface area contributed by atoms with Crippen LogP contribution >= 0.6 is 11.3 Å². The van der Waals surface area contributed by atoms with Crippen LogP contribution in [-0.4, -0.2) is 57.1 Å². The first kappa shape index (κ1) is 18.8. The average Bonchev–Trinajstić information content (AvgIpc) is 3.12. The lowest BCUT2D eigenvalue weighted by Crippen LogP contribution is -2.47. The summed E-state index contributed by atoms with van der Waals surface area (Å²) in [6.45, 7) is 4.03. The number of anilines is 1. The maximum absolute atomic E-state index is 11.6. The van der Waals surface area contributed by atoms with Crippen LogP contribution in [0.4, 0.5) is 5.69 Å². The normalized spacial score (nSPS) is 16.0. The Bertz CT molecular complexity index is 873. The highest BCUT2D eigenvalue weighted by atomic mass is 32.2. The number of nitrogens with two attached hydrogens (primary N) is 1. The van der Waals surface area contributed by atoms with Gasteiger partial charge in [-0.1, -0.05) is 6.07 Å². The molecule has 140 valence electrons. The van der Waals surface area contributed by atoms with Gasteiger partial charge >= 0.3 is 5.97 Å². The van der Waals surface area contributed by atoms with E-state index < -0.39 is 16.0 Å². The number of piperazine rings is 1. The van der Waals surface area contributed by atoms with Gasteiger partial charge in [0.05, 0.1) is 16.1 Å². The van der Waals surface area contributed by atoms with Crippen LogP contribution in [0.15, 0.2) is 40.6 Å².